The van der Waals surface area contributed by atoms with Gasteiger partial charge in [-0.15, -0.1) is 0 Å². The van der Waals surface area contributed by atoms with E-state index in [1.807, 2.05) is 0 Å². The lowest BCUT2D eigenvalue weighted by Gasteiger charge is -2.33. The topological polar surface area (TPSA) is 66.6 Å². The van der Waals surface area contributed by atoms with Crippen LogP contribution in [0.2, 0.25) is 0 Å². The summed E-state index contributed by atoms with van der Waals surface area (Å²) in [7, 11) is -3.60. The summed E-state index contributed by atoms with van der Waals surface area (Å²) in [5.74, 6) is -0.554. The van der Waals surface area contributed by atoms with Gasteiger partial charge in [-0.3, -0.25) is 0 Å². The molecule has 1 aromatic rings. The lowest BCUT2D eigenvalue weighted by atomic mass is 10.2. The molecule has 0 unspecified atom stereocenters. The maximum absolute atomic E-state index is 13.5. The number of sulfonamides is 1. The van der Waals surface area contributed by atoms with Gasteiger partial charge >= 0.3 is 0 Å². The van der Waals surface area contributed by atoms with Crippen LogP contribution in [0.25, 0.3) is 0 Å². The molecule has 1 aromatic carbocycles. The molecule has 0 saturated carbocycles. The van der Waals surface area contributed by atoms with E-state index in [1.165, 1.54) is 23.4 Å². The van der Waals surface area contributed by atoms with Gasteiger partial charge in [0, 0.05) is 26.2 Å². The van der Waals surface area contributed by atoms with Crippen molar-refractivity contribution in [3.63, 3.8) is 0 Å². The van der Waals surface area contributed by atoms with Crippen LogP contribution in [-0.2, 0) is 10.0 Å². The number of aryl methyl sites for hydroxylation is 1. The zero-order chi connectivity index (χ0) is 15.6. The van der Waals surface area contributed by atoms with E-state index in [9.17, 15) is 12.8 Å². The van der Waals surface area contributed by atoms with Crippen molar-refractivity contribution in [1.82, 2.24) is 9.21 Å². The predicted octanol–water partition coefficient (Wildman–Crippen LogP) is 1.43. The van der Waals surface area contributed by atoms with Crippen molar-refractivity contribution in [3.8, 4) is 0 Å². The van der Waals surface area contributed by atoms with Crippen LogP contribution < -0.4 is 5.73 Å². The molecule has 1 heterocycles. The number of hydrogen-bond acceptors (Lipinski definition) is 4. The predicted molar refractivity (Wildman–Crippen MR) is 81.0 cm³/mol. The molecule has 0 aromatic heterocycles. The second-order valence-electron chi connectivity index (χ2n) is 5.39. The van der Waals surface area contributed by atoms with Crippen LogP contribution in [0, 0.1) is 12.7 Å². The van der Waals surface area contributed by atoms with Crippen molar-refractivity contribution in [2.75, 3.05) is 38.5 Å². The molecule has 1 fully saturated rings. The molecule has 0 spiro atoms. The van der Waals surface area contributed by atoms with Crippen LogP contribution in [-0.4, -0.2) is 50.3 Å². The quantitative estimate of drug-likeness (QED) is 0.854. The van der Waals surface area contributed by atoms with Gasteiger partial charge in [0.05, 0.1) is 10.6 Å². The molecule has 0 bridgehead atoms. The van der Waals surface area contributed by atoms with E-state index < -0.39 is 15.8 Å². The number of hydrogen-bond donors (Lipinski definition) is 1. The number of nitrogen functional groups attached to an aromatic ring is 1. The summed E-state index contributed by atoms with van der Waals surface area (Å²) in [4.78, 5) is 2.32. The summed E-state index contributed by atoms with van der Waals surface area (Å²) < 4.78 is 40.2. The summed E-state index contributed by atoms with van der Waals surface area (Å²) in [5, 5.41) is 0. The lowest BCUT2D eigenvalue weighted by Crippen LogP contribution is -2.48. The number of piperazine rings is 1. The molecule has 2 N–H and O–H groups in total. The van der Waals surface area contributed by atoms with Crippen LogP contribution in [0.3, 0.4) is 0 Å². The summed E-state index contributed by atoms with van der Waals surface area (Å²) in [6, 6.07) is 2.55. The smallest absolute Gasteiger partial charge is 0.243 e. The summed E-state index contributed by atoms with van der Waals surface area (Å²) in [6.07, 6.45) is 1.06. The molecule has 7 heteroatoms. The average molecular weight is 315 g/mol. The number of rotatable bonds is 4. The molecule has 21 heavy (non-hydrogen) atoms. The van der Waals surface area contributed by atoms with Gasteiger partial charge in [0.2, 0.25) is 10.0 Å². The maximum atomic E-state index is 13.5. The van der Waals surface area contributed by atoms with Crippen molar-refractivity contribution < 1.29 is 12.8 Å². The highest BCUT2D eigenvalue weighted by Gasteiger charge is 2.29. The molecule has 5 nitrogen and oxygen atoms in total. The fraction of sp³-hybridized carbons (Fsp3) is 0.571. The first kappa shape index (κ1) is 16.2. The van der Waals surface area contributed by atoms with Crippen LogP contribution in [0.1, 0.15) is 18.9 Å². The Balaban J connectivity index is 2.20. The van der Waals surface area contributed by atoms with Gasteiger partial charge in [-0.2, -0.15) is 4.31 Å². The van der Waals surface area contributed by atoms with Crippen molar-refractivity contribution in [2.24, 2.45) is 0 Å². The SMILES string of the molecule is CCCN1CCN(S(=O)(=O)c2cc(C)c(F)c(N)c2)CC1. The van der Waals surface area contributed by atoms with Crippen LogP contribution >= 0.6 is 0 Å². The normalized spacial score (nSPS) is 18.0. The molecular weight excluding hydrogens is 293 g/mol. The Bertz CT molecular complexity index is 588. The Morgan fingerprint density at radius 1 is 1.24 bits per heavy atom. The number of anilines is 1. The summed E-state index contributed by atoms with van der Waals surface area (Å²) in [6.45, 7) is 6.97. The third kappa shape index (κ3) is 3.36. The first-order valence-electron chi connectivity index (χ1n) is 7.14. The minimum Gasteiger partial charge on any atom is -0.396 e. The third-order valence-corrected chi connectivity index (χ3v) is 5.64. The highest BCUT2D eigenvalue weighted by molar-refractivity contribution is 7.89. The lowest BCUT2D eigenvalue weighted by molar-refractivity contribution is 0.188. The molecular formula is C14H22FN3O2S. The van der Waals surface area contributed by atoms with Crippen molar-refractivity contribution in [2.45, 2.75) is 25.2 Å². The van der Waals surface area contributed by atoms with E-state index in [-0.39, 0.29) is 16.1 Å². The van der Waals surface area contributed by atoms with Gasteiger partial charge in [-0.25, -0.2) is 12.8 Å². The molecule has 0 atom stereocenters. The molecule has 1 aliphatic heterocycles. The number of halogens is 1. The summed E-state index contributed by atoms with van der Waals surface area (Å²) >= 11 is 0. The highest BCUT2D eigenvalue weighted by Crippen LogP contribution is 2.24. The van der Waals surface area contributed by atoms with Gasteiger partial charge in [0.1, 0.15) is 5.82 Å². The van der Waals surface area contributed by atoms with Crippen molar-refractivity contribution >= 4 is 15.7 Å². The molecule has 1 aliphatic rings. The van der Waals surface area contributed by atoms with E-state index in [0.717, 1.165) is 26.1 Å². The second-order valence-corrected chi connectivity index (χ2v) is 7.33. The van der Waals surface area contributed by atoms with E-state index in [0.29, 0.717) is 13.1 Å². The Morgan fingerprint density at radius 3 is 2.38 bits per heavy atom. The van der Waals surface area contributed by atoms with Gasteiger partial charge < -0.3 is 10.6 Å². The Kier molecular flexibility index (Phi) is 4.85. The van der Waals surface area contributed by atoms with Crippen LogP contribution in [0.5, 0.6) is 0 Å². The van der Waals surface area contributed by atoms with Crippen molar-refractivity contribution in [3.05, 3.63) is 23.5 Å². The largest absolute Gasteiger partial charge is 0.396 e. The van der Waals surface area contributed by atoms with E-state index in [2.05, 4.69) is 11.8 Å². The van der Waals surface area contributed by atoms with Crippen LogP contribution in [0.15, 0.2) is 17.0 Å². The zero-order valence-corrected chi connectivity index (χ0v) is 13.3. The van der Waals surface area contributed by atoms with Gasteiger partial charge in [-0.05, 0) is 37.6 Å². The molecule has 0 aliphatic carbocycles. The highest BCUT2D eigenvalue weighted by atomic mass is 32.2. The summed E-state index contributed by atoms with van der Waals surface area (Å²) in [5.41, 5.74) is 5.66. The number of nitrogens with two attached hydrogens (primary N) is 1. The Morgan fingerprint density at radius 2 is 1.86 bits per heavy atom. The van der Waals surface area contributed by atoms with E-state index >= 15 is 0 Å². The first-order chi connectivity index (χ1) is 9.86. The fourth-order valence-corrected chi connectivity index (χ4v) is 4.11. The fourth-order valence-electron chi connectivity index (χ4n) is 2.57. The second kappa shape index (κ2) is 6.29. The molecule has 2 rings (SSSR count). The monoisotopic (exact) mass is 315 g/mol. The molecule has 1 saturated heterocycles. The van der Waals surface area contributed by atoms with Crippen LogP contribution in [0.4, 0.5) is 10.1 Å². The molecule has 0 amide bonds. The number of benzene rings is 1. The maximum Gasteiger partial charge on any atom is 0.243 e. The Hall–Kier alpha value is -1.18. The standard InChI is InChI=1S/C14H22FN3O2S/c1-3-4-17-5-7-18(8-6-17)21(19,20)12-9-11(2)14(15)13(16)10-12/h9-10H,3-8,16H2,1-2H3. The first-order valence-corrected chi connectivity index (χ1v) is 8.58. The van der Waals surface area contributed by atoms with E-state index in [4.69, 9.17) is 5.73 Å². The minimum absolute atomic E-state index is 0.0721. The van der Waals surface area contributed by atoms with Gasteiger partial charge in [0.15, 0.2) is 0 Å². The Labute approximate surface area is 125 Å². The number of nitrogens with zero attached hydrogens (tertiary/aromatic N) is 2. The molecule has 118 valence electrons. The average Bonchev–Trinajstić information content (AvgIpc) is 2.45. The minimum atomic E-state index is -3.60. The van der Waals surface area contributed by atoms with E-state index in [1.54, 1.807) is 0 Å². The van der Waals surface area contributed by atoms with Gasteiger partial charge in [-0.1, -0.05) is 6.92 Å². The zero-order valence-electron chi connectivity index (χ0n) is 12.5. The third-order valence-electron chi connectivity index (χ3n) is 3.77. The van der Waals surface area contributed by atoms with Gasteiger partial charge in [0.25, 0.3) is 0 Å². The molecule has 0 radical (unpaired) electrons. The van der Waals surface area contributed by atoms with Crippen molar-refractivity contribution in [1.29, 1.82) is 0 Å².